The normalized spacial score (nSPS) is 11.7. The highest BCUT2D eigenvalue weighted by Crippen LogP contribution is 2.23. The maximum atomic E-state index is 11.8. The lowest BCUT2D eigenvalue weighted by Crippen LogP contribution is -2.29. The van der Waals surface area contributed by atoms with Crippen LogP contribution in [-0.4, -0.2) is 35.7 Å². The molecule has 6 heteroatoms. The first-order valence-corrected chi connectivity index (χ1v) is 5.81. The molecule has 0 saturated carbocycles. The van der Waals surface area contributed by atoms with Crippen LogP contribution in [0.15, 0.2) is 18.2 Å². The quantitative estimate of drug-likeness (QED) is 0.720. The molecule has 1 unspecified atom stereocenters. The van der Waals surface area contributed by atoms with Gasteiger partial charge >= 0.3 is 5.97 Å². The highest BCUT2D eigenvalue weighted by atomic mass is 16.5. The van der Waals surface area contributed by atoms with E-state index in [-0.39, 0.29) is 30.2 Å². The molecule has 0 aromatic heterocycles. The van der Waals surface area contributed by atoms with Crippen LogP contribution in [0.5, 0.6) is 11.5 Å². The zero-order valence-electron chi connectivity index (χ0n) is 10.8. The number of carboxylic acid groups (broad SMARTS) is 1. The van der Waals surface area contributed by atoms with E-state index in [4.69, 9.17) is 9.84 Å². The van der Waals surface area contributed by atoms with E-state index in [1.165, 1.54) is 19.2 Å². The fourth-order valence-corrected chi connectivity index (χ4v) is 1.56. The summed E-state index contributed by atoms with van der Waals surface area (Å²) in [6, 6.07) is 4.36. The Bertz CT molecular complexity index is 472. The van der Waals surface area contributed by atoms with Gasteiger partial charge in [0.25, 0.3) is 5.91 Å². The molecule has 0 aliphatic rings. The Morgan fingerprint density at radius 1 is 1.42 bits per heavy atom. The van der Waals surface area contributed by atoms with Gasteiger partial charge in [0.15, 0.2) is 0 Å². The van der Waals surface area contributed by atoms with Gasteiger partial charge in [-0.15, -0.1) is 0 Å². The molecule has 0 saturated heterocycles. The van der Waals surface area contributed by atoms with Crippen LogP contribution in [0.3, 0.4) is 0 Å². The number of rotatable bonds is 6. The number of carbonyl (C=O) groups excluding carboxylic acids is 1. The Labute approximate surface area is 111 Å². The molecule has 0 aliphatic heterocycles. The smallest absolute Gasteiger partial charge is 0.303 e. The third-order valence-electron chi connectivity index (χ3n) is 2.58. The van der Waals surface area contributed by atoms with Crippen LogP contribution >= 0.6 is 0 Å². The predicted octanol–water partition coefficient (Wildman–Crippen LogP) is 1.24. The maximum absolute atomic E-state index is 11.8. The second-order valence-electron chi connectivity index (χ2n) is 4.30. The molecule has 3 N–H and O–H groups in total. The maximum Gasteiger partial charge on any atom is 0.303 e. The van der Waals surface area contributed by atoms with Crippen LogP contribution in [0.2, 0.25) is 0 Å². The number of phenols is 1. The summed E-state index contributed by atoms with van der Waals surface area (Å²) >= 11 is 0. The van der Waals surface area contributed by atoms with Crippen LogP contribution in [0.1, 0.15) is 23.7 Å². The van der Waals surface area contributed by atoms with Crippen molar-refractivity contribution in [1.82, 2.24) is 5.32 Å². The minimum absolute atomic E-state index is 0.0190. The van der Waals surface area contributed by atoms with E-state index in [0.717, 1.165) is 0 Å². The molecule has 0 bridgehead atoms. The monoisotopic (exact) mass is 267 g/mol. The van der Waals surface area contributed by atoms with Gasteiger partial charge in [0, 0.05) is 19.0 Å². The van der Waals surface area contributed by atoms with Crippen molar-refractivity contribution in [1.29, 1.82) is 0 Å². The molecule has 1 aromatic rings. The summed E-state index contributed by atoms with van der Waals surface area (Å²) in [4.78, 5) is 22.3. The number of carbonyl (C=O) groups is 2. The molecule has 1 aromatic carbocycles. The summed E-state index contributed by atoms with van der Waals surface area (Å²) in [6.45, 7) is 1.96. The topological polar surface area (TPSA) is 95.9 Å². The van der Waals surface area contributed by atoms with Gasteiger partial charge in [-0.1, -0.05) is 6.92 Å². The lowest BCUT2D eigenvalue weighted by atomic mass is 10.1. The molecule has 0 heterocycles. The zero-order valence-corrected chi connectivity index (χ0v) is 10.8. The minimum atomic E-state index is -0.908. The minimum Gasteiger partial charge on any atom is -0.507 e. The lowest BCUT2D eigenvalue weighted by Gasteiger charge is -2.11. The highest BCUT2D eigenvalue weighted by molar-refractivity contribution is 5.97. The predicted molar refractivity (Wildman–Crippen MR) is 68.4 cm³/mol. The van der Waals surface area contributed by atoms with Crippen LogP contribution in [-0.2, 0) is 4.79 Å². The fourth-order valence-electron chi connectivity index (χ4n) is 1.56. The van der Waals surface area contributed by atoms with E-state index in [9.17, 15) is 14.7 Å². The third kappa shape index (κ3) is 4.50. The number of aliphatic carboxylic acids is 1. The summed E-state index contributed by atoms with van der Waals surface area (Å²) in [7, 11) is 1.46. The molecule has 1 amide bonds. The number of phenolic OH excluding ortho intramolecular Hbond substituents is 1. The molecule has 6 nitrogen and oxygen atoms in total. The number of hydrogen-bond acceptors (Lipinski definition) is 4. The standard InChI is InChI=1S/C13H17NO5/c1-8(5-12(16)17)7-14-13(18)10-4-3-9(19-2)6-11(10)15/h3-4,6,8,15H,5,7H2,1-2H3,(H,14,18)(H,16,17). The summed E-state index contributed by atoms with van der Waals surface area (Å²) in [5.41, 5.74) is 0.128. The van der Waals surface area contributed by atoms with Crippen molar-refractivity contribution in [3.8, 4) is 11.5 Å². The number of ether oxygens (including phenoxy) is 1. The number of benzene rings is 1. The lowest BCUT2D eigenvalue weighted by molar-refractivity contribution is -0.137. The van der Waals surface area contributed by atoms with Crippen molar-refractivity contribution >= 4 is 11.9 Å². The summed E-state index contributed by atoms with van der Waals surface area (Å²) in [5, 5.41) is 20.8. The Morgan fingerprint density at radius 2 is 2.11 bits per heavy atom. The number of nitrogens with one attached hydrogen (secondary N) is 1. The number of amides is 1. The number of carboxylic acids is 1. The van der Waals surface area contributed by atoms with E-state index in [2.05, 4.69) is 5.32 Å². The van der Waals surface area contributed by atoms with Crippen molar-refractivity contribution in [3.63, 3.8) is 0 Å². The summed E-state index contributed by atoms with van der Waals surface area (Å²) in [5.74, 6) is -1.26. The Morgan fingerprint density at radius 3 is 2.63 bits per heavy atom. The molecule has 1 rings (SSSR count). The fraction of sp³-hybridized carbons (Fsp3) is 0.385. The van der Waals surface area contributed by atoms with Crippen molar-refractivity contribution in [2.75, 3.05) is 13.7 Å². The average molecular weight is 267 g/mol. The molecule has 19 heavy (non-hydrogen) atoms. The van der Waals surface area contributed by atoms with Gasteiger partial charge in [0.2, 0.25) is 0 Å². The SMILES string of the molecule is COc1ccc(C(=O)NCC(C)CC(=O)O)c(O)c1. The second-order valence-corrected chi connectivity index (χ2v) is 4.30. The van der Waals surface area contributed by atoms with E-state index in [0.29, 0.717) is 5.75 Å². The van der Waals surface area contributed by atoms with Crippen LogP contribution < -0.4 is 10.1 Å². The highest BCUT2D eigenvalue weighted by Gasteiger charge is 2.14. The van der Waals surface area contributed by atoms with Crippen LogP contribution in [0.4, 0.5) is 0 Å². The van der Waals surface area contributed by atoms with Crippen molar-refractivity contribution < 1.29 is 24.5 Å². The van der Waals surface area contributed by atoms with E-state index in [1.807, 2.05) is 0 Å². The number of hydrogen-bond donors (Lipinski definition) is 3. The molecule has 0 radical (unpaired) electrons. The van der Waals surface area contributed by atoms with Crippen LogP contribution in [0.25, 0.3) is 0 Å². The van der Waals surface area contributed by atoms with Gasteiger partial charge in [-0.05, 0) is 18.1 Å². The Balaban J connectivity index is 2.61. The van der Waals surface area contributed by atoms with Gasteiger partial charge in [-0.2, -0.15) is 0 Å². The molecule has 104 valence electrons. The molecule has 1 atom stereocenters. The molecule has 0 fully saturated rings. The first kappa shape index (κ1) is 14.8. The van der Waals surface area contributed by atoms with E-state index in [1.54, 1.807) is 13.0 Å². The van der Waals surface area contributed by atoms with Crippen molar-refractivity contribution in [2.45, 2.75) is 13.3 Å². The number of aromatic hydroxyl groups is 1. The van der Waals surface area contributed by atoms with Gasteiger partial charge < -0.3 is 20.3 Å². The van der Waals surface area contributed by atoms with Crippen LogP contribution in [0, 0.1) is 5.92 Å². The second kappa shape index (κ2) is 6.63. The van der Waals surface area contributed by atoms with E-state index >= 15 is 0 Å². The van der Waals surface area contributed by atoms with Gasteiger partial charge in [-0.3, -0.25) is 9.59 Å². The van der Waals surface area contributed by atoms with Gasteiger partial charge in [-0.25, -0.2) is 0 Å². The van der Waals surface area contributed by atoms with Gasteiger partial charge in [0.05, 0.1) is 12.7 Å². The molecular weight excluding hydrogens is 250 g/mol. The molecular formula is C13H17NO5. The Hall–Kier alpha value is -2.24. The first-order chi connectivity index (χ1) is 8.93. The van der Waals surface area contributed by atoms with Gasteiger partial charge in [0.1, 0.15) is 11.5 Å². The number of methoxy groups -OCH3 is 1. The summed E-state index contributed by atoms with van der Waals surface area (Å²) in [6.07, 6.45) is -0.0190. The van der Waals surface area contributed by atoms with Crippen molar-refractivity contribution in [3.05, 3.63) is 23.8 Å². The summed E-state index contributed by atoms with van der Waals surface area (Å²) < 4.78 is 4.91. The van der Waals surface area contributed by atoms with Crippen molar-refractivity contribution in [2.24, 2.45) is 5.92 Å². The molecule has 0 spiro atoms. The largest absolute Gasteiger partial charge is 0.507 e. The Kier molecular flexibility index (Phi) is 5.17. The molecule has 0 aliphatic carbocycles. The zero-order chi connectivity index (χ0) is 14.4. The van der Waals surface area contributed by atoms with E-state index < -0.39 is 11.9 Å². The first-order valence-electron chi connectivity index (χ1n) is 5.81. The average Bonchev–Trinajstić information content (AvgIpc) is 2.35. The third-order valence-corrected chi connectivity index (χ3v) is 2.58.